The number of benzene rings is 1. The Balaban J connectivity index is 1.58. The van der Waals surface area contributed by atoms with Crippen LogP contribution in [0.15, 0.2) is 65.0 Å². The second kappa shape index (κ2) is 8.03. The van der Waals surface area contributed by atoms with Crippen LogP contribution < -0.4 is 10.3 Å². The van der Waals surface area contributed by atoms with Crippen molar-refractivity contribution in [2.45, 2.75) is 30.7 Å². The predicted molar refractivity (Wildman–Crippen MR) is 112 cm³/mol. The molecule has 1 fully saturated rings. The van der Waals surface area contributed by atoms with E-state index in [1.54, 1.807) is 34.0 Å². The molecule has 5 nitrogen and oxygen atoms in total. The summed E-state index contributed by atoms with van der Waals surface area (Å²) in [5.74, 6) is 0.777. The molecule has 28 heavy (non-hydrogen) atoms. The van der Waals surface area contributed by atoms with E-state index in [0.717, 1.165) is 24.2 Å². The average Bonchev–Trinajstić information content (AvgIpc) is 3.41. The van der Waals surface area contributed by atoms with Gasteiger partial charge in [-0.15, -0.1) is 11.3 Å². The molecule has 3 heterocycles. The summed E-state index contributed by atoms with van der Waals surface area (Å²) >= 11 is 1.69. The molecule has 7 heteroatoms. The van der Waals surface area contributed by atoms with Gasteiger partial charge in [0.25, 0.3) is 5.82 Å². The Hall–Kier alpha value is -2.22. The summed E-state index contributed by atoms with van der Waals surface area (Å²) < 4.78 is 27.0. The van der Waals surface area contributed by atoms with Crippen LogP contribution in [0.2, 0.25) is 0 Å². The van der Waals surface area contributed by atoms with Crippen molar-refractivity contribution < 1.29 is 13.4 Å². The van der Waals surface area contributed by atoms with Crippen molar-refractivity contribution in [1.82, 2.24) is 4.31 Å². The van der Waals surface area contributed by atoms with E-state index >= 15 is 0 Å². The van der Waals surface area contributed by atoms with Crippen LogP contribution >= 0.6 is 11.3 Å². The van der Waals surface area contributed by atoms with Crippen LogP contribution in [0.4, 0.5) is 5.82 Å². The van der Waals surface area contributed by atoms with E-state index in [-0.39, 0.29) is 6.04 Å². The van der Waals surface area contributed by atoms with Crippen molar-refractivity contribution in [2.24, 2.45) is 0 Å². The number of nitrogens with zero attached hydrogens (tertiary/aromatic N) is 1. The summed E-state index contributed by atoms with van der Waals surface area (Å²) in [6, 6.07) is 16.1. The number of hydrogen-bond donors (Lipinski definition) is 1. The SMILES string of the molecule is Cc1ccc([C@@H](Nc2ccc(S(=O)(=O)N3CCCC3)c[nH+]2)c2cccs2)cc1. The molecule has 146 valence electrons. The number of aryl methyl sites for hydroxylation is 1. The lowest BCUT2D eigenvalue weighted by Gasteiger charge is -2.16. The Bertz CT molecular complexity index is 1010. The van der Waals surface area contributed by atoms with E-state index in [0.29, 0.717) is 18.0 Å². The number of anilines is 1. The highest BCUT2D eigenvalue weighted by molar-refractivity contribution is 7.89. The molecular weight excluding hydrogens is 390 g/mol. The van der Waals surface area contributed by atoms with Crippen LogP contribution in [0.5, 0.6) is 0 Å². The Labute approximate surface area is 170 Å². The Kier molecular flexibility index (Phi) is 5.48. The van der Waals surface area contributed by atoms with E-state index in [1.807, 2.05) is 6.07 Å². The number of thiophene rings is 1. The zero-order chi connectivity index (χ0) is 19.6. The number of aromatic amines is 1. The highest BCUT2D eigenvalue weighted by Crippen LogP contribution is 2.29. The van der Waals surface area contributed by atoms with Crippen LogP contribution in [-0.2, 0) is 10.0 Å². The molecule has 1 atom stereocenters. The van der Waals surface area contributed by atoms with Gasteiger partial charge in [0.1, 0.15) is 11.1 Å². The lowest BCUT2D eigenvalue weighted by Crippen LogP contribution is -2.29. The first-order chi connectivity index (χ1) is 13.5. The van der Waals surface area contributed by atoms with Gasteiger partial charge in [-0.05, 0) is 37.3 Å². The van der Waals surface area contributed by atoms with Gasteiger partial charge in [0.2, 0.25) is 10.0 Å². The average molecular weight is 415 g/mol. The van der Waals surface area contributed by atoms with E-state index in [4.69, 9.17) is 0 Å². The Morgan fingerprint density at radius 1 is 1.07 bits per heavy atom. The molecule has 1 saturated heterocycles. The summed E-state index contributed by atoms with van der Waals surface area (Å²) in [5.41, 5.74) is 2.38. The molecule has 2 aromatic heterocycles. The number of nitrogens with one attached hydrogen (secondary N) is 2. The summed E-state index contributed by atoms with van der Waals surface area (Å²) in [7, 11) is -3.41. The zero-order valence-corrected chi connectivity index (χ0v) is 17.4. The largest absolute Gasteiger partial charge is 0.273 e. The number of sulfonamides is 1. The zero-order valence-electron chi connectivity index (χ0n) is 15.8. The third-order valence-electron chi connectivity index (χ3n) is 5.03. The van der Waals surface area contributed by atoms with E-state index in [1.165, 1.54) is 10.4 Å². The minimum Gasteiger partial charge on any atom is -0.262 e. The third kappa shape index (κ3) is 3.97. The van der Waals surface area contributed by atoms with Crippen LogP contribution in [0.25, 0.3) is 0 Å². The molecule has 0 aliphatic carbocycles. The first-order valence-corrected chi connectivity index (χ1v) is 11.7. The number of H-pyrrole nitrogens is 1. The Morgan fingerprint density at radius 2 is 1.82 bits per heavy atom. The molecule has 1 aliphatic heterocycles. The van der Waals surface area contributed by atoms with E-state index in [2.05, 4.69) is 52.9 Å². The minimum absolute atomic E-state index is 0.00195. The molecule has 1 aliphatic rings. The third-order valence-corrected chi connectivity index (χ3v) is 7.86. The smallest absolute Gasteiger partial charge is 0.262 e. The molecule has 0 bridgehead atoms. The standard InChI is InChI=1S/C21H23N3O2S2/c1-16-6-8-17(9-7-16)21(19-5-4-14-27-19)23-20-11-10-18(15-22-20)28(25,26)24-12-2-3-13-24/h4-11,14-15,21H,2-3,12-13H2,1H3,(H,22,23)/p+1/t21-/m1/s1. The molecule has 0 spiro atoms. The maximum absolute atomic E-state index is 12.7. The maximum Gasteiger partial charge on any atom is 0.273 e. The lowest BCUT2D eigenvalue weighted by molar-refractivity contribution is -0.364. The number of hydrogen-bond acceptors (Lipinski definition) is 4. The van der Waals surface area contributed by atoms with Gasteiger partial charge in [0.15, 0.2) is 6.04 Å². The lowest BCUT2D eigenvalue weighted by atomic mass is 10.0. The van der Waals surface area contributed by atoms with Gasteiger partial charge in [0.05, 0.1) is 4.88 Å². The maximum atomic E-state index is 12.7. The van der Waals surface area contributed by atoms with Gasteiger partial charge in [-0.1, -0.05) is 35.9 Å². The Morgan fingerprint density at radius 3 is 2.43 bits per heavy atom. The molecular formula is C21H24N3O2S2+. The van der Waals surface area contributed by atoms with Gasteiger partial charge in [-0.3, -0.25) is 5.32 Å². The summed E-state index contributed by atoms with van der Waals surface area (Å²) in [4.78, 5) is 4.64. The fourth-order valence-electron chi connectivity index (χ4n) is 3.43. The number of pyridine rings is 1. The van der Waals surface area contributed by atoms with Crippen LogP contribution in [0, 0.1) is 6.92 Å². The normalized spacial score (nSPS) is 16.2. The number of aromatic nitrogens is 1. The number of rotatable bonds is 6. The van der Waals surface area contributed by atoms with Crippen LogP contribution in [0.1, 0.15) is 34.9 Å². The quantitative estimate of drug-likeness (QED) is 0.666. The summed E-state index contributed by atoms with van der Waals surface area (Å²) in [6.07, 6.45) is 3.44. The molecule has 0 unspecified atom stereocenters. The van der Waals surface area contributed by atoms with Crippen molar-refractivity contribution in [3.63, 3.8) is 0 Å². The topological polar surface area (TPSA) is 63.6 Å². The van der Waals surface area contributed by atoms with Crippen molar-refractivity contribution >= 4 is 27.2 Å². The molecule has 0 saturated carbocycles. The molecule has 1 aromatic carbocycles. The molecule has 0 radical (unpaired) electrons. The van der Waals surface area contributed by atoms with Gasteiger partial charge >= 0.3 is 0 Å². The first kappa shape index (κ1) is 19.1. The van der Waals surface area contributed by atoms with Crippen molar-refractivity contribution in [2.75, 3.05) is 18.4 Å². The van der Waals surface area contributed by atoms with Crippen molar-refractivity contribution in [3.8, 4) is 0 Å². The predicted octanol–water partition coefficient (Wildman–Crippen LogP) is 3.86. The molecule has 4 rings (SSSR count). The second-order valence-corrected chi connectivity index (χ2v) is 9.97. The minimum atomic E-state index is -3.41. The van der Waals surface area contributed by atoms with Gasteiger partial charge < -0.3 is 0 Å². The van der Waals surface area contributed by atoms with Gasteiger partial charge in [0, 0.05) is 24.7 Å². The van der Waals surface area contributed by atoms with Crippen molar-refractivity contribution in [1.29, 1.82) is 0 Å². The fourth-order valence-corrected chi connectivity index (χ4v) is 5.71. The summed E-state index contributed by atoms with van der Waals surface area (Å²) in [5, 5.41) is 5.57. The van der Waals surface area contributed by atoms with Crippen LogP contribution in [-0.4, -0.2) is 25.8 Å². The van der Waals surface area contributed by atoms with E-state index < -0.39 is 10.0 Å². The highest BCUT2D eigenvalue weighted by Gasteiger charge is 2.28. The van der Waals surface area contributed by atoms with Crippen LogP contribution in [0.3, 0.4) is 0 Å². The molecule has 2 N–H and O–H groups in total. The molecule has 3 aromatic rings. The first-order valence-electron chi connectivity index (χ1n) is 9.42. The summed E-state index contributed by atoms with van der Waals surface area (Å²) in [6.45, 7) is 3.29. The van der Waals surface area contributed by atoms with Crippen molar-refractivity contribution in [3.05, 3.63) is 76.1 Å². The highest BCUT2D eigenvalue weighted by atomic mass is 32.2. The molecule has 0 amide bonds. The monoisotopic (exact) mass is 414 g/mol. The van der Waals surface area contributed by atoms with Gasteiger partial charge in [-0.25, -0.2) is 13.4 Å². The second-order valence-electron chi connectivity index (χ2n) is 7.05. The fraction of sp³-hybridized carbons (Fsp3) is 0.286. The van der Waals surface area contributed by atoms with E-state index in [9.17, 15) is 8.42 Å². The van der Waals surface area contributed by atoms with Gasteiger partial charge in [-0.2, -0.15) is 4.31 Å².